The summed E-state index contributed by atoms with van der Waals surface area (Å²) in [5.41, 5.74) is 16.9. The monoisotopic (exact) mass is 1680 g/mol. The van der Waals surface area contributed by atoms with Gasteiger partial charge in [-0.25, -0.2) is 0 Å². The van der Waals surface area contributed by atoms with Crippen molar-refractivity contribution >= 4 is 145 Å². The summed E-state index contributed by atoms with van der Waals surface area (Å²) in [5.74, 6) is 2.97. The summed E-state index contributed by atoms with van der Waals surface area (Å²) in [6.07, 6.45) is 17.3. The van der Waals surface area contributed by atoms with E-state index in [4.69, 9.17) is 46.3 Å². The van der Waals surface area contributed by atoms with E-state index in [0.29, 0.717) is 71.5 Å². The first-order chi connectivity index (χ1) is 52.9. The van der Waals surface area contributed by atoms with Crippen molar-refractivity contribution in [2.45, 2.75) is 154 Å². The van der Waals surface area contributed by atoms with E-state index >= 15 is 0 Å². The van der Waals surface area contributed by atoms with Gasteiger partial charge in [-0.15, -0.1) is 18.9 Å². The maximum absolute atomic E-state index is 14.3. The molecule has 0 radical (unpaired) electrons. The van der Waals surface area contributed by atoms with Crippen molar-refractivity contribution in [3.63, 3.8) is 0 Å². The Morgan fingerprint density at radius 1 is 0.459 bits per heavy atom. The molecule has 8 aliphatic rings. The normalized spacial score (nSPS) is 18.5. The SMILES string of the molecule is C.COc1cc2c(cc1OCCCCCOc1cc3c(cc1C)C(=O)N1c4ccccc4C[C@H]1C=N3)N(CC(C)(C)S(C)=S)C[C@@H]1Cc3ccccc3N1C2=O.Cc1cc2c(cc1O)N(CC(C)(C)S(C)=S)C[C@@H]1Cc3ccccc3N1C2=O.Cc1cc2c(cc1OCCCCCI)N=C[C@@H]1Cc3ccccc3N1C2=O. The fourth-order valence-electron chi connectivity index (χ4n) is 16.2. The molecule has 2 unspecified atom stereocenters. The van der Waals surface area contributed by atoms with Gasteiger partial charge in [-0.2, -0.15) is 0 Å². The van der Waals surface area contributed by atoms with Crippen molar-refractivity contribution in [1.82, 2.24) is 0 Å². The number of nitrogens with zero attached hydrogens (tertiary/aromatic N) is 8. The van der Waals surface area contributed by atoms with Crippen LogP contribution in [0.15, 0.2) is 156 Å². The van der Waals surface area contributed by atoms with E-state index in [9.17, 15) is 24.3 Å². The predicted molar refractivity (Wildman–Crippen MR) is 471 cm³/mol. The number of aromatic hydroxyl groups is 1. The number of benzene rings is 8. The molecule has 111 heavy (non-hydrogen) atoms. The third kappa shape index (κ3) is 16.5. The Hall–Kier alpha value is -8.55. The molecule has 8 aromatic carbocycles. The van der Waals surface area contributed by atoms with E-state index in [-0.39, 0.29) is 89.4 Å². The number of ether oxygens (including phenoxy) is 4. The number of halogens is 1. The number of anilines is 6. The number of unbranched alkanes of at least 4 members (excludes halogenated alkanes) is 4. The number of rotatable bonds is 21. The third-order valence-electron chi connectivity index (χ3n) is 22.5. The average molecular weight is 1680 g/mol. The Labute approximate surface area is 682 Å². The van der Waals surface area contributed by atoms with E-state index in [1.807, 2.05) is 168 Å². The molecule has 0 bridgehead atoms. The van der Waals surface area contributed by atoms with Gasteiger partial charge in [0, 0.05) is 108 Å². The molecule has 8 heterocycles. The number of phenolic OH excluding ortho intramolecular Hbond substituents is 1. The van der Waals surface area contributed by atoms with Crippen LogP contribution in [0.3, 0.4) is 0 Å². The van der Waals surface area contributed by atoms with Crippen LogP contribution >= 0.6 is 22.6 Å². The molecule has 0 saturated carbocycles. The van der Waals surface area contributed by atoms with Crippen LogP contribution < -0.4 is 48.3 Å². The first-order valence-corrected chi connectivity index (χ1v) is 44.8. The van der Waals surface area contributed by atoms with Gasteiger partial charge in [0.1, 0.15) is 17.2 Å². The van der Waals surface area contributed by atoms with E-state index in [1.54, 1.807) is 13.2 Å². The highest BCUT2D eigenvalue weighted by molar-refractivity contribution is 14.1. The minimum atomic E-state index is -0.254. The van der Waals surface area contributed by atoms with Gasteiger partial charge in [-0.05, 0) is 204 Å². The lowest BCUT2D eigenvalue weighted by molar-refractivity contribution is 0.0975. The number of carbonyl (C=O) groups excluding carboxylic acids is 4. The van der Waals surface area contributed by atoms with Gasteiger partial charge in [0.25, 0.3) is 23.6 Å². The highest BCUT2D eigenvalue weighted by Gasteiger charge is 2.45. The lowest BCUT2D eigenvalue weighted by Gasteiger charge is -2.35. The summed E-state index contributed by atoms with van der Waals surface area (Å²) in [6, 6.07) is 47.7. The Morgan fingerprint density at radius 3 is 1.25 bits per heavy atom. The summed E-state index contributed by atoms with van der Waals surface area (Å²) in [4.78, 5) is 76.6. The van der Waals surface area contributed by atoms with Crippen molar-refractivity contribution in [2.75, 3.05) is 99.4 Å². The second kappa shape index (κ2) is 34.0. The van der Waals surface area contributed by atoms with Gasteiger partial charge in [-0.1, -0.05) is 125 Å². The molecule has 17 nitrogen and oxygen atoms in total. The largest absolute Gasteiger partial charge is 0.508 e. The second-order valence-corrected chi connectivity index (χ2v) is 39.1. The van der Waals surface area contributed by atoms with Gasteiger partial charge in [0.2, 0.25) is 0 Å². The quantitative estimate of drug-likeness (QED) is 0.0410. The number of aliphatic imine (C=N–C) groups is 2. The zero-order valence-corrected chi connectivity index (χ0v) is 69.8. The molecule has 8 aromatic rings. The first kappa shape index (κ1) is 80.5. The van der Waals surface area contributed by atoms with Crippen molar-refractivity contribution in [3.05, 3.63) is 207 Å². The van der Waals surface area contributed by atoms with Gasteiger partial charge in [0.05, 0.1) is 96.1 Å². The maximum Gasteiger partial charge on any atom is 0.261 e. The number of alkyl halides is 1. The number of hydrogen-bond donors (Lipinski definition) is 1. The first-order valence-electron chi connectivity index (χ1n) is 38.1. The van der Waals surface area contributed by atoms with Crippen LogP contribution in [0.25, 0.3) is 0 Å². The van der Waals surface area contributed by atoms with Gasteiger partial charge < -0.3 is 43.7 Å². The molecule has 22 heteroatoms. The Kier molecular flexibility index (Phi) is 24.7. The summed E-state index contributed by atoms with van der Waals surface area (Å²) in [6.45, 7) is 19.3. The number of phenols is 1. The zero-order valence-electron chi connectivity index (χ0n) is 64.4. The van der Waals surface area contributed by atoms with Gasteiger partial charge >= 0.3 is 0 Å². The summed E-state index contributed by atoms with van der Waals surface area (Å²) in [5, 5.41) is 10.4. The number of carbonyl (C=O) groups is 4. The van der Waals surface area contributed by atoms with Crippen LogP contribution in [-0.4, -0.2) is 145 Å². The Bertz CT molecular complexity index is 5030. The zero-order chi connectivity index (χ0) is 77.4. The number of aryl methyl sites for hydroxylation is 3. The number of fused-ring (bicyclic) bond motifs is 16. The molecule has 0 spiro atoms. The second-order valence-electron chi connectivity index (χ2n) is 31.0. The number of hydrogen-bond acceptors (Lipinski definition) is 15. The van der Waals surface area contributed by atoms with E-state index < -0.39 is 0 Å². The average Bonchev–Trinajstić information content (AvgIpc) is 1.62. The topological polar surface area (TPSA) is 170 Å². The standard InChI is InChI=1S/C44H48N4O5S2.C22H23IN2O2.C22H26N2O2S2.CH4/c1-28-19-33-35(45-25-31-20-29-13-7-9-15-36(29)47(31)42(33)49)23-39(28)52-17-11-6-12-18-53-41-24-38-34(22-40(41)51-4)43(50)48-32(21-30-14-8-10-16-37(30)48)26-46(38)27-44(2,3)55(5)54;1-15-11-18-19(13-21(15)27-10-6-2-5-9-23)24-14-17-12-16-7-3-4-8-20(16)25(17)22(18)26;1-14-9-17-19(11-20(14)25)23(13-22(2,3)28(4)27)12-16-10-15-7-5-6-8-18(15)24(16)21(17)26;/h7-10,13-16,19,22-25,31-32H,6,11-12,17-18,20-21,26-27H2,1-5H3;3-4,7-8,11,13-14,17H,2,5-6,9-10,12H2,1H3;5-9,11,16,25H,10,12-13H2,1-4H3;1H4/t31-,32-,55?;17-;16-,28?;/m000./s1. The lowest BCUT2D eigenvalue weighted by Crippen LogP contribution is -2.47. The number of para-hydroxylation sites is 4. The molecule has 582 valence electrons. The van der Waals surface area contributed by atoms with Crippen molar-refractivity contribution in [3.8, 4) is 28.7 Å². The molecular formula is C89H101IN8O9S4. The molecule has 0 saturated heterocycles. The summed E-state index contributed by atoms with van der Waals surface area (Å²) < 4.78 is 25.4. The summed E-state index contributed by atoms with van der Waals surface area (Å²) in [7, 11) is 1.17. The third-order valence-corrected chi connectivity index (χ3v) is 29.3. The van der Waals surface area contributed by atoms with Crippen LogP contribution in [0.2, 0.25) is 0 Å². The minimum absolute atomic E-state index is 0. The molecule has 0 aliphatic carbocycles. The fraction of sp³-hybridized carbons (Fsp3) is 0.393. The molecule has 0 fully saturated rings. The van der Waals surface area contributed by atoms with Crippen LogP contribution in [0.1, 0.15) is 154 Å². The molecule has 4 amide bonds. The predicted octanol–water partition coefficient (Wildman–Crippen LogP) is 17.3. The maximum atomic E-state index is 14.3. The van der Waals surface area contributed by atoms with Crippen molar-refractivity contribution < 1.29 is 43.2 Å². The van der Waals surface area contributed by atoms with Crippen molar-refractivity contribution in [2.24, 2.45) is 9.98 Å². The van der Waals surface area contributed by atoms with Crippen LogP contribution in [0, 0.1) is 20.8 Å². The number of amides is 4. The fourth-order valence-corrected chi connectivity index (χ4v) is 17.7. The van der Waals surface area contributed by atoms with E-state index in [0.717, 1.165) is 133 Å². The molecule has 1 N–H and O–H groups in total. The highest BCUT2D eigenvalue weighted by atomic mass is 127. The Balaban J connectivity index is 0.000000161. The molecular weight excluding hydrogens is 1580 g/mol. The molecule has 16 rings (SSSR count). The van der Waals surface area contributed by atoms with Crippen LogP contribution in [0.5, 0.6) is 28.7 Å². The van der Waals surface area contributed by atoms with E-state index in [1.165, 1.54) is 39.5 Å². The highest BCUT2D eigenvalue weighted by Crippen LogP contribution is 2.47. The van der Waals surface area contributed by atoms with Crippen LogP contribution in [0.4, 0.5) is 45.5 Å². The summed E-state index contributed by atoms with van der Waals surface area (Å²) >= 11 is 13.8. The van der Waals surface area contributed by atoms with Crippen LogP contribution in [-0.2, 0) is 67.0 Å². The van der Waals surface area contributed by atoms with Gasteiger partial charge in [-0.3, -0.25) is 39.0 Å². The Morgan fingerprint density at radius 2 is 0.829 bits per heavy atom. The lowest BCUT2D eigenvalue weighted by atomic mass is 10.0. The number of methoxy groups -OCH3 is 1. The smallest absolute Gasteiger partial charge is 0.261 e. The van der Waals surface area contributed by atoms with E-state index in [2.05, 4.69) is 102 Å². The van der Waals surface area contributed by atoms with Crippen molar-refractivity contribution in [1.29, 1.82) is 0 Å². The molecule has 8 aliphatic heterocycles. The molecule has 0 aromatic heterocycles. The molecule has 6 atom stereocenters. The minimum Gasteiger partial charge on any atom is -0.508 e. The van der Waals surface area contributed by atoms with Gasteiger partial charge in [0.15, 0.2) is 11.5 Å².